The van der Waals surface area contributed by atoms with Crippen LogP contribution in [0.2, 0.25) is 0 Å². The molecule has 1 aromatic heterocycles. The predicted octanol–water partition coefficient (Wildman–Crippen LogP) is 4.75. The molecule has 28 heavy (non-hydrogen) atoms. The minimum atomic E-state index is -2.54. The third-order valence-electron chi connectivity index (χ3n) is 5.45. The molecule has 1 fully saturated rings. The number of alkyl halides is 2. The van der Waals surface area contributed by atoms with Gasteiger partial charge in [-0.2, -0.15) is 5.10 Å². The van der Waals surface area contributed by atoms with E-state index in [1.165, 1.54) is 12.2 Å². The highest BCUT2D eigenvalue weighted by Gasteiger charge is 2.27. The molecule has 0 radical (unpaired) electrons. The van der Waals surface area contributed by atoms with Crippen LogP contribution in [0.1, 0.15) is 50.6 Å². The number of allylic oxidation sites excluding steroid dienone is 5. The van der Waals surface area contributed by atoms with Crippen molar-refractivity contribution in [1.29, 1.82) is 0 Å². The average Bonchev–Trinajstić information content (AvgIpc) is 3.41. The lowest BCUT2D eigenvalue weighted by Gasteiger charge is -2.22. The smallest absolute Gasteiger partial charge is 0.263 e. The Balaban J connectivity index is 1.50. The van der Waals surface area contributed by atoms with E-state index in [-0.39, 0.29) is 17.4 Å². The summed E-state index contributed by atoms with van der Waals surface area (Å²) < 4.78 is 26.4. The molecule has 1 amide bonds. The Hall–Kier alpha value is -2.57. The Morgan fingerprint density at radius 1 is 1.32 bits per heavy atom. The first-order valence-electron chi connectivity index (χ1n) is 9.81. The molecular formula is C21H24F2N4O. The number of carbonyl (C=O) groups is 1. The van der Waals surface area contributed by atoms with Gasteiger partial charge >= 0.3 is 0 Å². The molecule has 1 aromatic rings. The maximum Gasteiger partial charge on any atom is 0.263 e. The van der Waals surface area contributed by atoms with Crippen LogP contribution in [-0.4, -0.2) is 28.2 Å². The van der Waals surface area contributed by atoms with Crippen LogP contribution in [0.25, 0.3) is 0 Å². The first-order valence-corrected chi connectivity index (χ1v) is 9.81. The molecule has 1 unspecified atom stereocenters. The summed E-state index contributed by atoms with van der Waals surface area (Å²) in [6.45, 7) is 1.79. The van der Waals surface area contributed by atoms with Gasteiger partial charge in [0.05, 0.1) is 5.92 Å². The maximum absolute atomic E-state index is 13.2. The molecule has 0 aromatic carbocycles. The zero-order valence-corrected chi connectivity index (χ0v) is 15.8. The number of amides is 1. The molecule has 2 bridgehead atoms. The van der Waals surface area contributed by atoms with E-state index in [1.807, 2.05) is 12.1 Å². The minimum Gasteiger partial charge on any atom is -0.309 e. The van der Waals surface area contributed by atoms with Crippen molar-refractivity contribution >= 4 is 17.4 Å². The summed E-state index contributed by atoms with van der Waals surface area (Å²) >= 11 is 0. The topological polar surface area (TPSA) is 70.1 Å². The predicted molar refractivity (Wildman–Crippen MR) is 104 cm³/mol. The van der Waals surface area contributed by atoms with Gasteiger partial charge in [-0.1, -0.05) is 18.2 Å². The molecule has 2 atom stereocenters. The number of hydrogen-bond acceptors (Lipinski definition) is 3. The van der Waals surface area contributed by atoms with Gasteiger partial charge < -0.3 is 5.32 Å². The summed E-state index contributed by atoms with van der Waals surface area (Å²) in [5.74, 6) is 0.551. The Kier molecular flexibility index (Phi) is 5.24. The number of halogens is 2. The fourth-order valence-corrected chi connectivity index (χ4v) is 3.61. The fraction of sp³-hybridized carbons (Fsp3) is 0.476. The van der Waals surface area contributed by atoms with E-state index in [1.54, 1.807) is 13.0 Å². The molecule has 1 saturated carbocycles. The monoisotopic (exact) mass is 386 g/mol. The molecule has 0 saturated heterocycles. The third-order valence-corrected chi connectivity index (χ3v) is 5.45. The number of nitrogens with one attached hydrogen (secondary N) is 2. The molecule has 2 aliphatic carbocycles. The van der Waals surface area contributed by atoms with Crippen LogP contribution in [-0.2, 0) is 4.79 Å². The second-order valence-electron chi connectivity index (χ2n) is 7.78. The molecule has 2 N–H and O–H groups in total. The fourth-order valence-electron chi connectivity index (χ4n) is 3.61. The van der Waals surface area contributed by atoms with Crippen molar-refractivity contribution in [3.63, 3.8) is 0 Å². The lowest BCUT2D eigenvalue weighted by Crippen LogP contribution is -2.24. The lowest BCUT2D eigenvalue weighted by atomic mass is 9.90. The van der Waals surface area contributed by atoms with Gasteiger partial charge in [-0.05, 0) is 51.0 Å². The zero-order valence-electron chi connectivity index (χ0n) is 15.8. The Morgan fingerprint density at radius 3 is 2.89 bits per heavy atom. The number of rotatable bonds is 5. The van der Waals surface area contributed by atoms with Crippen molar-refractivity contribution in [2.75, 3.05) is 5.32 Å². The van der Waals surface area contributed by atoms with E-state index < -0.39 is 12.3 Å². The van der Waals surface area contributed by atoms with Crippen molar-refractivity contribution in [2.24, 2.45) is 16.8 Å². The molecule has 4 rings (SSSR count). The number of hydrogen-bond donors (Lipinski definition) is 2. The average molecular weight is 386 g/mol. The Bertz CT molecular complexity index is 877. The molecule has 3 aliphatic rings. The summed E-state index contributed by atoms with van der Waals surface area (Å²) in [4.78, 5) is 17.2. The minimum absolute atomic E-state index is 0.0260. The second-order valence-corrected chi connectivity index (χ2v) is 7.78. The van der Waals surface area contributed by atoms with Crippen LogP contribution >= 0.6 is 0 Å². The van der Waals surface area contributed by atoms with Crippen LogP contribution in [0.3, 0.4) is 0 Å². The summed E-state index contributed by atoms with van der Waals surface area (Å²) in [7, 11) is 0. The van der Waals surface area contributed by atoms with E-state index in [9.17, 15) is 13.6 Å². The van der Waals surface area contributed by atoms with Crippen molar-refractivity contribution in [3.8, 4) is 0 Å². The molecule has 148 valence electrons. The summed E-state index contributed by atoms with van der Waals surface area (Å²) in [6.07, 6.45) is 8.73. The van der Waals surface area contributed by atoms with Crippen molar-refractivity contribution < 1.29 is 13.6 Å². The van der Waals surface area contributed by atoms with Gasteiger partial charge in [-0.25, -0.2) is 8.78 Å². The number of fused-ring (bicyclic) bond motifs is 2. The van der Waals surface area contributed by atoms with E-state index in [2.05, 4.69) is 20.5 Å². The SMILES string of the molecule is CC(C(=O)Nc1cc(C2CC2)[nH]n1)C1=C[C@H]2CC/C=C\C(C(F)F)=C/C(=N1)C2. The number of carbonyl (C=O) groups excluding carboxylic acids is 1. The van der Waals surface area contributed by atoms with Crippen LogP contribution in [0.5, 0.6) is 0 Å². The molecule has 1 aliphatic heterocycles. The van der Waals surface area contributed by atoms with Gasteiger partial charge in [-0.15, -0.1) is 0 Å². The number of H-pyrrole nitrogens is 1. The van der Waals surface area contributed by atoms with Crippen LogP contribution in [0, 0.1) is 11.8 Å². The highest BCUT2D eigenvalue weighted by Crippen LogP contribution is 2.39. The quantitative estimate of drug-likeness (QED) is 0.767. The largest absolute Gasteiger partial charge is 0.309 e. The first kappa shape index (κ1) is 18.8. The Labute approximate surface area is 162 Å². The second kappa shape index (κ2) is 7.81. The highest BCUT2D eigenvalue weighted by molar-refractivity contribution is 5.99. The van der Waals surface area contributed by atoms with Gasteiger partial charge in [0.2, 0.25) is 5.91 Å². The maximum atomic E-state index is 13.2. The van der Waals surface area contributed by atoms with Crippen LogP contribution in [0.4, 0.5) is 14.6 Å². The standard InChI is InChI=1S/C21H24F2N4O/c1-12(21(28)25-19-11-18(26-27-19)14-6-7-14)17-9-13-4-2-3-5-15(20(22)23)10-16(8-13)24-17/h3,5,9-14,20H,2,4,6-8H2,1H3,(H2,25,26,27,28)/b5-3-,15-10+/t12?,13-/m0/s1. The van der Waals surface area contributed by atoms with Crippen LogP contribution in [0.15, 0.2) is 46.6 Å². The van der Waals surface area contributed by atoms with Crippen molar-refractivity contribution in [3.05, 3.63) is 47.3 Å². The number of aromatic nitrogens is 2. The van der Waals surface area contributed by atoms with Crippen molar-refractivity contribution in [1.82, 2.24) is 10.2 Å². The Morgan fingerprint density at radius 2 is 2.14 bits per heavy atom. The van der Waals surface area contributed by atoms with Gasteiger partial charge in [0, 0.05) is 34.7 Å². The van der Waals surface area contributed by atoms with Gasteiger partial charge in [-0.3, -0.25) is 14.9 Å². The molecule has 5 nitrogen and oxygen atoms in total. The molecule has 2 heterocycles. The summed E-state index contributed by atoms with van der Waals surface area (Å²) in [6, 6.07) is 1.88. The van der Waals surface area contributed by atoms with Gasteiger partial charge in [0.1, 0.15) is 0 Å². The number of anilines is 1. The molecule has 0 spiro atoms. The van der Waals surface area contributed by atoms with Gasteiger partial charge in [0.25, 0.3) is 6.43 Å². The highest BCUT2D eigenvalue weighted by atomic mass is 19.3. The van der Waals surface area contributed by atoms with E-state index in [0.29, 0.717) is 29.6 Å². The third kappa shape index (κ3) is 4.29. The number of aromatic amines is 1. The van der Waals surface area contributed by atoms with E-state index >= 15 is 0 Å². The summed E-state index contributed by atoms with van der Waals surface area (Å²) in [5, 5.41) is 9.96. The van der Waals surface area contributed by atoms with Crippen LogP contribution < -0.4 is 5.32 Å². The normalized spacial score (nSPS) is 26.1. The van der Waals surface area contributed by atoms with Gasteiger partial charge in [0.15, 0.2) is 5.82 Å². The van der Waals surface area contributed by atoms with E-state index in [0.717, 1.165) is 31.4 Å². The first-order chi connectivity index (χ1) is 13.5. The zero-order chi connectivity index (χ0) is 19.7. The van der Waals surface area contributed by atoms with Crippen molar-refractivity contribution in [2.45, 2.75) is 51.4 Å². The molecule has 7 heteroatoms. The summed E-state index contributed by atoms with van der Waals surface area (Å²) in [5.41, 5.74) is 2.27. The molecular weight excluding hydrogens is 362 g/mol. The van der Waals surface area contributed by atoms with E-state index in [4.69, 9.17) is 0 Å². The number of aliphatic imine (C=N–C) groups is 1. The number of nitrogens with zero attached hydrogens (tertiary/aromatic N) is 2. The lowest BCUT2D eigenvalue weighted by molar-refractivity contribution is -0.118.